The number of aryl methyl sites for hydroxylation is 2. The van der Waals surface area contributed by atoms with Crippen molar-refractivity contribution in [3.8, 4) is 0 Å². The number of hydrogen-bond donors (Lipinski definition) is 0. The van der Waals surface area contributed by atoms with Gasteiger partial charge in [-0.25, -0.2) is 9.59 Å². The van der Waals surface area contributed by atoms with Crippen molar-refractivity contribution >= 4 is 11.9 Å². The van der Waals surface area contributed by atoms with Crippen molar-refractivity contribution in [3.63, 3.8) is 0 Å². The molecule has 0 aliphatic heterocycles. The van der Waals surface area contributed by atoms with E-state index in [1.807, 2.05) is 38.1 Å². The summed E-state index contributed by atoms with van der Waals surface area (Å²) in [6, 6.07) is 13.9. The van der Waals surface area contributed by atoms with E-state index in [0.717, 1.165) is 30.4 Å². The van der Waals surface area contributed by atoms with Gasteiger partial charge < -0.3 is 0 Å². The number of hydrogen-bond acceptors (Lipinski definition) is 6. The Kier molecular flexibility index (Phi) is 13.0. The van der Waals surface area contributed by atoms with Crippen molar-refractivity contribution in [3.05, 3.63) is 70.8 Å². The summed E-state index contributed by atoms with van der Waals surface area (Å²) in [4.78, 5) is 44.9. The highest BCUT2D eigenvalue weighted by atomic mass is 17.3. The van der Waals surface area contributed by atoms with Crippen LogP contribution in [0.5, 0.6) is 0 Å². The van der Waals surface area contributed by atoms with Gasteiger partial charge in [0.1, 0.15) is 0 Å². The van der Waals surface area contributed by atoms with Gasteiger partial charge in [0, 0.05) is 6.42 Å². The minimum atomic E-state index is -1.01. The summed E-state index contributed by atoms with van der Waals surface area (Å²) in [7, 11) is 0. The Morgan fingerprint density at radius 2 is 1.00 bits per heavy atom. The Balaban J connectivity index is 1.80. The normalized spacial score (nSPS) is 10.9. The van der Waals surface area contributed by atoms with Crippen LogP contribution < -0.4 is 0 Å². The highest BCUT2D eigenvalue weighted by Crippen LogP contribution is 2.15. The average Bonchev–Trinajstić information content (AvgIpc) is 2.84. The van der Waals surface area contributed by atoms with Gasteiger partial charge in [0.2, 0.25) is 6.29 Å². The lowest BCUT2D eigenvalue weighted by molar-refractivity contribution is -0.421. The zero-order valence-corrected chi connectivity index (χ0v) is 20.7. The summed E-state index contributed by atoms with van der Waals surface area (Å²) in [6.45, 7) is 6.09. The largest absolute Gasteiger partial charge is 0.373 e. The monoisotopic (exact) mass is 470 g/mol. The molecule has 0 amide bonds. The van der Waals surface area contributed by atoms with Crippen LogP contribution in [0.3, 0.4) is 0 Å². The molecule has 2 aromatic carbocycles. The van der Waals surface area contributed by atoms with Crippen LogP contribution in [0.1, 0.15) is 103 Å². The third kappa shape index (κ3) is 10.9. The fourth-order valence-electron chi connectivity index (χ4n) is 3.40. The van der Waals surface area contributed by atoms with Crippen LogP contribution in [0.4, 0.5) is 0 Å². The molecule has 0 saturated heterocycles. The maximum Gasteiger partial charge on any atom is 0.373 e. The summed E-state index contributed by atoms with van der Waals surface area (Å²) in [6.07, 6.45) is 9.92. The van der Waals surface area contributed by atoms with E-state index < -0.39 is 18.2 Å². The molecule has 186 valence electrons. The summed E-state index contributed by atoms with van der Waals surface area (Å²) in [5, 5.41) is 0. The minimum Gasteiger partial charge on any atom is -0.290 e. The predicted molar refractivity (Wildman–Crippen MR) is 131 cm³/mol. The molecule has 0 heterocycles. The smallest absolute Gasteiger partial charge is 0.290 e. The second-order valence-electron chi connectivity index (χ2n) is 8.71. The van der Waals surface area contributed by atoms with Crippen molar-refractivity contribution in [2.45, 2.75) is 91.3 Å². The lowest BCUT2D eigenvalue weighted by Crippen LogP contribution is -2.22. The Morgan fingerprint density at radius 3 is 1.41 bits per heavy atom. The van der Waals surface area contributed by atoms with Gasteiger partial charge in [-0.3, -0.25) is 9.78 Å². The van der Waals surface area contributed by atoms with Gasteiger partial charge in [-0.2, -0.15) is 0 Å². The molecule has 0 aromatic heterocycles. The summed E-state index contributed by atoms with van der Waals surface area (Å²) in [5.74, 6) is -1.27. The fourth-order valence-corrected chi connectivity index (χ4v) is 3.40. The van der Waals surface area contributed by atoms with Gasteiger partial charge in [-0.15, -0.1) is 9.78 Å². The van der Waals surface area contributed by atoms with E-state index in [1.54, 1.807) is 24.3 Å². The standard InChI is InChI=1S/C28H38O6/c1-4-5-6-7-8-9-10-11-12-13-26(31-33-27(29)24-18-14-22(2)15-19-24)32-34-28(30)25-20-16-23(3)17-21-25/h14-21,26H,4-13H2,1-3H3. The van der Waals surface area contributed by atoms with Crippen LogP contribution >= 0.6 is 0 Å². The first-order valence-electron chi connectivity index (χ1n) is 12.4. The first kappa shape index (κ1) is 27.5. The van der Waals surface area contributed by atoms with E-state index in [1.165, 1.54) is 38.5 Å². The third-order valence-corrected chi connectivity index (χ3v) is 5.58. The van der Waals surface area contributed by atoms with Gasteiger partial charge in [0.25, 0.3) is 0 Å². The number of carbonyl (C=O) groups excluding carboxylic acids is 2. The predicted octanol–water partition coefficient (Wildman–Crippen LogP) is 7.43. The number of rotatable bonds is 16. The summed E-state index contributed by atoms with van der Waals surface area (Å²) in [5.41, 5.74) is 2.80. The van der Waals surface area contributed by atoms with Gasteiger partial charge >= 0.3 is 11.9 Å². The first-order chi connectivity index (χ1) is 16.5. The van der Waals surface area contributed by atoms with Crippen LogP contribution in [-0.4, -0.2) is 18.2 Å². The van der Waals surface area contributed by atoms with Crippen molar-refractivity contribution in [1.82, 2.24) is 0 Å². The highest BCUT2D eigenvalue weighted by molar-refractivity contribution is 5.89. The van der Waals surface area contributed by atoms with Gasteiger partial charge in [0.15, 0.2) is 0 Å². The Morgan fingerprint density at radius 1 is 0.618 bits per heavy atom. The van der Waals surface area contributed by atoms with E-state index in [-0.39, 0.29) is 0 Å². The zero-order chi connectivity index (χ0) is 24.6. The van der Waals surface area contributed by atoms with Crippen LogP contribution in [0.2, 0.25) is 0 Å². The third-order valence-electron chi connectivity index (χ3n) is 5.58. The molecule has 0 fully saturated rings. The zero-order valence-electron chi connectivity index (χ0n) is 20.7. The average molecular weight is 471 g/mol. The van der Waals surface area contributed by atoms with Crippen LogP contribution in [0.15, 0.2) is 48.5 Å². The molecule has 0 bridgehead atoms. The molecule has 0 N–H and O–H groups in total. The molecule has 0 aliphatic carbocycles. The van der Waals surface area contributed by atoms with Crippen LogP contribution in [0, 0.1) is 13.8 Å². The molecule has 0 spiro atoms. The molecule has 6 nitrogen and oxygen atoms in total. The minimum absolute atomic E-state index is 0.365. The molecule has 2 rings (SSSR count). The maximum absolute atomic E-state index is 12.3. The number of benzene rings is 2. The Hall–Kier alpha value is -2.70. The van der Waals surface area contributed by atoms with Crippen LogP contribution in [-0.2, 0) is 19.6 Å². The van der Waals surface area contributed by atoms with Crippen molar-refractivity contribution in [1.29, 1.82) is 0 Å². The Bertz CT molecular complexity index is 783. The molecule has 2 aromatic rings. The molecule has 0 radical (unpaired) electrons. The Labute approximate surface area is 203 Å². The maximum atomic E-state index is 12.3. The molecule has 0 aliphatic rings. The molecular weight excluding hydrogens is 432 g/mol. The topological polar surface area (TPSA) is 71.1 Å². The molecule has 0 atom stereocenters. The first-order valence-corrected chi connectivity index (χ1v) is 12.4. The van der Waals surface area contributed by atoms with Crippen LogP contribution in [0.25, 0.3) is 0 Å². The van der Waals surface area contributed by atoms with Crippen molar-refractivity contribution in [2.24, 2.45) is 0 Å². The molecular formula is C28H38O6. The van der Waals surface area contributed by atoms with Gasteiger partial charge in [-0.05, 0) is 44.5 Å². The number of unbranched alkanes of at least 4 members (excludes halogenated alkanes) is 8. The van der Waals surface area contributed by atoms with E-state index in [9.17, 15) is 9.59 Å². The second kappa shape index (κ2) is 16.0. The highest BCUT2D eigenvalue weighted by Gasteiger charge is 2.19. The lowest BCUT2D eigenvalue weighted by Gasteiger charge is -2.15. The van der Waals surface area contributed by atoms with E-state index in [2.05, 4.69) is 6.92 Å². The van der Waals surface area contributed by atoms with E-state index >= 15 is 0 Å². The van der Waals surface area contributed by atoms with E-state index in [0.29, 0.717) is 17.5 Å². The van der Waals surface area contributed by atoms with Crippen molar-refractivity contribution in [2.75, 3.05) is 0 Å². The van der Waals surface area contributed by atoms with Crippen molar-refractivity contribution < 1.29 is 29.1 Å². The summed E-state index contributed by atoms with van der Waals surface area (Å²) >= 11 is 0. The number of carbonyl (C=O) groups is 2. The fraction of sp³-hybridized carbons (Fsp3) is 0.500. The molecule has 0 unspecified atom stereocenters. The van der Waals surface area contributed by atoms with Gasteiger partial charge in [0.05, 0.1) is 11.1 Å². The van der Waals surface area contributed by atoms with E-state index in [4.69, 9.17) is 19.6 Å². The second-order valence-corrected chi connectivity index (χ2v) is 8.71. The summed E-state index contributed by atoms with van der Waals surface area (Å²) < 4.78 is 0. The SMILES string of the molecule is CCCCCCCCCCCC(OOC(=O)c1ccc(C)cc1)OOC(=O)c1ccc(C)cc1. The van der Waals surface area contributed by atoms with Gasteiger partial charge in [-0.1, -0.05) is 93.7 Å². The molecule has 6 heteroatoms. The quantitative estimate of drug-likeness (QED) is 0.110. The lowest BCUT2D eigenvalue weighted by atomic mass is 10.1. The molecule has 34 heavy (non-hydrogen) atoms. The molecule has 0 saturated carbocycles.